The minimum Gasteiger partial charge on any atom is -0.465 e. The van der Waals surface area contributed by atoms with E-state index >= 15 is 0 Å². The van der Waals surface area contributed by atoms with Gasteiger partial charge in [0.25, 0.3) is 5.69 Å². The van der Waals surface area contributed by atoms with Crippen LogP contribution in [0.15, 0.2) is 53.2 Å². The van der Waals surface area contributed by atoms with Gasteiger partial charge in [-0.25, -0.2) is 0 Å². The van der Waals surface area contributed by atoms with E-state index < -0.39 is 4.92 Å². The Bertz CT molecular complexity index is 692. The number of nitro groups is 1. The van der Waals surface area contributed by atoms with E-state index in [4.69, 9.17) is 4.42 Å². The molecule has 1 heterocycles. The third-order valence-corrected chi connectivity index (χ3v) is 3.43. The van der Waals surface area contributed by atoms with Crippen molar-refractivity contribution in [2.24, 2.45) is 0 Å². The van der Waals surface area contributed by atoms with Crippen LogP contribution in [-0.2, 0) is 4.79 Å². The molecule has 114 valence electrons. The van der Waals surface area contributed by atoms with Crippen molar-refractivity contribution in [3.63, 3.8) is 0 Å². The summed E-state index contributed by atoms with van der Waals surface area (Å²) in [7, 11) is 1.65. The summed E-state index contributed by atoms with van der Waals surface area (Å²) in [5, 5.41) is 10.8. The number of carbonyl (C=O) groups is 1. The number of rotatable bonds is 5. The smallest absolute Gasteiger partial charge is 0.269 e. The van der Waals surface area contributed by atoms with Crippen molar-refractivity contribution >= 4 is 17.7 Å². The standard InChI is InChI=1S/C16H16N2O4/c1-12(13-5-3-6-14(11-13)18(20)21)17(2)16(19)9-8-15-7-4-10-22-15/h3-12H,1-2H3/b9-8+/t12-/m0/s1. The molecule has 1 aromatic heterocycles. The van der Waals surface area contributed by atoms with Crippen LogP contribution in [0.4, 0.5) is 5.69 Å². The molecule has 0 radical (unpaired) electrons. The fourth-order valence-electron chi connectivity index (χ4n) is 1.97. The summed E-state index contributed by atoms with van der Waals surface area (Å²) in [6.45, 7) is 1.82. The van der Waals surface area contributed by atoms with Gasteiger partial charge in [0, 0.05) is 25.3 Å². The van der Waals surface area contributed by atoms with Crippen molar-refractivity contribution in [3.05, 3.63) is 70.2 Å². The van der Waals surface area contributed by atoms with Gasteiger partial charge >= 0.3 is 0 Å². The first-order chi connectivity index (χ1) is 10.5. The van der Waals surface area contributed by atoms with Crippen LogP contribution in [0.2, 0.25) is 0 Å². The van der Waals surface area contributed by atoms with Crippen molar-refractivity contribution in [2.45, 2.75) is 13.0 Å². The van der Waals surface area contributed by atoms with Crippen LogP contribution in [-0.4, -0.2) is 22.8 Å². The van der Waals surface area contributed by atoms with Crippen molar-refractivity contribution in [2.75, 3.05) is 7.05 Å². The summed E-state index contributed by atoms with van der Waals surface area (Å²) in [5.41, 5.74) is 0.716. The number of hydrogen-bond acceptors (Lipinski definition) is 4. The second kappa shape index (κ2) is 6.71. The lowest BCUT2D eigenvalue weighted by molar-refractivity contribution is -0.384. The van der Waals surface area contributed by atoms with Gasteiger partial charge in [0.15, 0.2) is 0 Å². The predicted molar refractivity (Wildman–Crippen MR) is 82.0 cm³/mol. The number of carbonyl (C=O) groups excluding carboxylic acids is 1. The van der Waals surface area contributed by atoms with Crippen molar-refractivity contribution < 1.29 is 14.1 Å². The number of benzene rings is 1. The van der Waals surface area contributed by atoms with Gasteiger partial charge in [0.1, 0.15) is 5.76 Å². The van der Waals surface area contributed by atoms with Crippen LogP contribution in [0.25, 0.3) is 6.08 Å². The summed E-state index contributed by atoms with van der Waals surface area (Å²) in [4.78, 5) is 24.0. The second-order valence-electron chi connectivity index (χ2n) is 4.83. The van der Waals surface area contributed by atoms with E-state index in [1.54, 1.807) is 37.4 Å². The minimum atomic E-state index is -0.450. The average molecular weight is 300 g/mol. The SMILES string of the molecule is C[C@@H](c1cccc([N+](=O)[O-])c1)N(C)C(=O)/C=C/c1ccco1. The Hall–Kier alpha value is -2.89. The van der Waals surface area contributed by atoms with Crippen LogP contribution in [0.3, 0.4) is 0 Å². The zero-order valence-electron chi connectivity index (χ0n) is 12.3. The number of hydrogen-bond donors (Lipinski definition) is 0. The highest BCUT2D eigenvalue weighted by molar-refractivity contribution is 5.91. The maximum Gasteiger partial charge on any atom is 0.269 e. The molecule has 0 bridgehead atoms. The highest BCUT2D eigenvalue weighted by Gasteiger charge is 2.17. The van der Waals surface area contributed by atoms with Gasteiger partial charge in [0.05, 0.1) is 17.2 Å². The predicted octanol–water partition coefficient (Wildman–Crippen LogP) is 3.42. The Kier molecular flexibility index (Phi) is 4.73. The quantitative estimate of drug-likeness (QED) is 0.481. The lowest BCUT2D eigenvalue weighted by Gasteiger charge is -2.24. The fourth-order valence-corrected chi connectivity index (χ4v) is 1.97. The fraction of sp³-hybridized carbons (Fsp3) is 0.188. The molecular weight excluding hydrogens is 284 g/mol. The third-order valence-electron chi connectivity index (χ3n) is 3.43. The molecule has 22 heavy (non-hydrogen) atoms. The normalized spacial score (nSPS) is 12.3. The van der Waals surface area contributed by atoms with Crippen LogP contribution in [0.1, 0.15) is 24.3 Å². The van der Waals surface area contributed by atoms with Gasteiger partial charge in [0.2, 0.25) is 5.91 Å². The van der Waals surface area contributed by atoms with Crippen LogP contribution in [0, 0.1) is 10.1 Å². The molecule has 0 spiro atoms. The Balaban J connectivity index is 2.11. The van der Waals surface area contributed by atoms with E-state index in [-0.39, 0.29) is 17.6 Å². The molecule has 6 nitrogen and oxygen atoms in total. The molecular formula is C16H16N2O4. The Morgan fingerprint density at radius 2 is 2.14 bits per heavy atom. The number of likely N-dealkylation sites (N-methyl/N-ethyl adjacent to an activating group) is 1. The average Bonchev–Trinajstić information content (AvgIpc) is 3.04. The van der Waals surface area contributed by atoms with E-state index in [9.17, 15) is 14.9 Å². The molecule has 2 rings (SSSR count). The van der Waals surface area contributed by atoms with Gasteiger partial charge in [-0.3, -0.25) is 14.9 Å². The van der Waals surface area contributed by atoms with Gasteiger partial charge in [-0.2, -0.15) is 0 Å². The first-order valence-electron chi connectivity index (χ1n) is 6.72. The highest BCUT2D eigenvalue weighted by atomic mass is 16.6. The largest absolute Gasteiger partial charge is 0.465 e. The van der Waals surface area contributed by atoms with Crippen LogP contribution in [0.5, 0.6) is 0 Å². The zero-order chi connectivity index (χ0) is 16.1. The van der Waals surface area contributed by atoms with Crippen molar-refractivity contribution in [3.8, 4) is 0 Å². The number of nitrogens with zero attached hydrogens (tertiary/aromatic N) is 2. The summed E-state index contributed by atoms with van der Waals surface area (Å²) < 4.78 is 5.12. The molecule has 1 atom stereocenters. The molecule has 0 aliphatic rings. The van der Waals surface area contributed by atoms with Crippen molar-refractivity contribution in [1.29, 1.82) is 0 Å². The van der Waals surface area contributed by atoms with E-state index in [0.29, 0.717) is 11.3 Å². The van der Waals surface area contributed by atoms with E-state index in [1.807, 2.05) is 6.92 Å². The number of nitro benzene ring substituents is 1. The van der Waals surface area contributed by atoms with Gasteiger partial charge < -0.3 is 9.32 Å². The minimum absolute atomic E-state index is 0.0105. The van der Waals surface area contributed by atoms with E-state index in [2.05, 4.69) is 0 Å². The molecule has 0 aliphatic carbocycles. The van der Waals surface area contributed by atoms with E-state index in [0.717, 1.165) is 0 Å². The molecule has 0 fully saturated rings. The molecule has 6 heteroatoms. The summed E-state index contributed by atoms with van der Waals surface area (Å²) in [6, 6.07) is 9.47. The number of amides is 1. The molecule has 1 amide bonds. The Morgan fingerprint density at radius 1 is 1.36 bits per heavy atom. The first kappa shape index (κ1) is 15.5. The van der Waals surface area contributed by atoms with Crippen molar-refractivity contribution in [1.82, 2.24) is 4.90 Å². The maximum atomic E-state index is 12.1. The molecule has 0 aliphatic heterocycles. The van der Waals surface area contributed by atoms with Gasteiger partial charge in [-0.1, -0.05) is 12.1 Å². The Labute approximate surface area is 127 Å². The lowest BCUT2D eigenvalue weighted by atomic mass is 10.1. The van der Waals surface area contributed by atoms with Crippen LogP contribution >= 0.6 is 0 Å². The topological polar surface area (TPSA) is 76.6 Å². The molecule has 0 N–H and O–H groups in total. The summed E-state index contributed by atoms with van der Waals surface area (Å²) >= 11 is 0. The molecule has 2 aromatic rings. The number of furan rings is 1. The Morgan fingerprint density at radius 3 is 2.77 bits per heavy atom. The maximum absolute atomic E-state index is 12.1. The summed E-state index contributed by atoms with van der Waals surface area (Å²) in [6.07, 6.45) is 4.52. The lowest BCUT2D eigenvalue weighted by Crippen LogP contribution is -2.28. The van der Waals surface area contributed by atoms with Gasteiger partial charge in [-0.05, 0) is 30.7 Å². The van der Waals surface area contributed by atoms with Crippen LogP contribution < -0.4 is 0 Å². The van der Waals surface area contributed by atoms with E-state index in [1.165, 1.54) is 29.4 Å². The molecule has 0 saturated carbocycles. The molecule has 1 aromatic carbocycles. The summed E-state index contributed by atoms with van der Waals surface area (Å²) in [5.74, 6) is 0.375. The number of non-ortho nitro benzene ring substituents is 1. The monoisotopic (exact) mass is 300 g/mol. The third kappa shape index (κ3) is 3.60. The highest BCUT2D eigenvalue weighted by Crippen LogP contribution is 2.23. The zero-order valence-corrected chi connectivity index (χ0v) is 12.3. The first-order valence-corrected chi connectivity index (χ1v) is 6.72. The second-order valence-corrected chi connectivity index (χ2v) is 4.83. The molecule has 0 unspecified atom stereocenters. The molecule has 0 saturated heterocycles. The van der Waals surface area contributed by atoms with Gasteiger partial charge in [-0.15, -0.1) is 0 Å².